The molecule has 108 valence electrons. The summed E-state index contributed by atoms with van der Waals surface area (Å²) >= 11 is 0. The molecule has 2 aliphatic heterocycles. The normalized spacial score (nSPS) is 28.9. The van der Waals surface area contributed by atoms with Crippen LogP contribution in [0.25, 0.3) is 0 Å². The third-order valence-electron chi connectivity index (χ3n) is 4.72. The van der Waals surface area contributed by atoms with Crippen molar-refractivity contribution in [2.24, 2.45) is 11.8 Å². The van der Waals surface area contributed by atoms with Crippen LogP contribution in [0.1, 0.15) is 18.9 Å². The van der Waals surface area contributed by atoms with E-state index in [4.69, 9.17) is 0 Å². The van der Waals surface area contributed by atoms with E-state index in [1.807, 2.05) is 17.0 Å². The fourth-order valence-electron chi connectivity index (χ4n) is 3.41. The number of carbonyl (C=O) groups excluding carboxylic acids is 1. The molecule has 3 atom stereocenters. The summed E-state index contributed by atoms with van der Waals surface area (Å²) in [7, 11) is 0. The monoisotopic (exact) mass is 274 g/mol. The average Bonchev–Trinajstić information content (AvgIpc) is 2.86. The Bertz CT molecular complexity index is 503. The van der Waals surface area contributed by atoms with Crippen LogP contribution in [-0.4, -0.2) is 41.7 Å². The van der Waals surface area contributed by atoms with E-state index < -0.39 is 0 Å². The summed E-state index contributed by atoms with van der Waals surface area (Å²) in [6.07, 6.45) is 1.79. The van der Waals surface area contributed by atoms with Crippen molar-refractivity contribution in [3.8, 4) is 0 Å². The molecular formula is C16H22N2O2. The lowest BCUT2D eigenvalue weighted by Gasteiger charge is -2.32. The molecule has 0 saturated carbocycles. The number of aliphatic hydroxyl groups is 1. The number of aliphatic hydroxyl groups excluding tert-OH is 1. The van der Waals surface area contributed by atoms with Crippen LogP contribution in [0, 0.1) is 11.8 Å². The zero-order chi connectivity index (χ0) is 14.1. The van der Waals surface area contributed by atoms with Crippen LogP contribution in [0.3, 0.4) is 0 Å². The van der Waals surface area contributed by atoms with Crippen molar-refractivity contribution in [2.75, 3.05) is 25.0 Å². The van der Waals surface area contributed by atoms with Gasteiger partial charge in [-0.25, -0.2) is 0 Å². The Hall–Kier alpha value is -1.55. The van der Waals surface area contributed by atoms with Gasteiger partial charge in [0.05, 0.1) is 18.6 Å². The second kappa shape index (κ2) is 5.44. The Morgan fingerprint density at radius 3 is 3.05 bits per heavy atom. The fourth-order valence-corrected chi connectivity index (χ4v) is 3.41. The number of likely N-dealkylation sites (tertiary alicyclic amines) is 1. The molecule has 1 saturated heterocycles. The third-order valence-corrected chi connectivity index (χ3v) is 4.72. The Labute approximate surface area is 119 Å². The van der Waals surface area contributed by atoms with Crippen molar-refractivity contribution in [3.63, 3.8) is 0 Å². The molecule has 3 unspecified atom stereocenters. The molecule has 1 amide bonds. The van der Waals surface area contributed by atoms with Crippen molar-refractivity contribution in [3.05, 3.63) is 29.8 Å². The van der Waals surface area contributed by atoms with Gasteiger partial charge in [0.25, 0.3) is 0 Å². The Kier molecular flexibility index (Phi) is 3.66. The predicted molar refractivity (Wildman–Crippen MR) is 78.5 cm³/mol. The number of para-hydroxylation sites is 1. The number of hydrogen-bond acceptors (Lipinski definition) is 3. The van der Waals surface area contributed by atoms with E-state index in [0.29, 0.717) is 12.5 Å². The summed E-state index contributed by atoms with van der Waals surface area (Å²) in [4.78, 5) is 14.6. The molecule has 1 aromatic carbocycles. The number of benzene rings is 1. The van der Waals surface area contributed by atoms with Gasteiger partial charge in [0.2, 0.25) is 5.91 Å². The van der Waals surface area contributed by atoms with Crippen molar-refractivity contribution in [1.29, 1.82) is 0 Å². The van der Waals surface area contributed by atoms with Gasteiger partial charge in [-0.05, 0) is 30.4 Å². The quantitative estimate of drug-likeness (QED) is 0.859. The highest BCUT2D eigenvalue weighted by Crippen LogP contribution is 2.29. The van der Waals surface area contributed by atoms with Crippen molar-refractivity contribution < 1.29 is 9.90 Å². The summed E-state index contributed by atoms with van der Waals surface area (Å²) in [5.41, 5.74) is 2.36. The van der Waals surface area contributed by atoms with Crippen LogP contribution in [0.5, 0.6) is 0 Å². The standard InChI is InChI=1S/C16H22N2O2/c1-11-6-7-18(15(11)10-19)16(20)13-8-12-4-2-3-5-14(12)17-9-13/h2-5,11,13,15,17,19H,6-10H2,1H3. The number of rotatable bonds is 2. The lowest BCUT2D eigenvalue weighted by atomic mass is 9.92. The predicted octanol–water partition coefficient (Wildman–Crippen LogP) is 1.50. The summed E-state index contributed by atoms with van der Waals surface area (Å²) in [5.74, 6) is 0.576. The van der Waals surface area contributed by atoms with Gasteiger partial charge in [-0.3, -0.25) is 4.79 Å². The van der Waals surface area contributed by atoms with Crippen LogP contribution >= 0.6 is 0 Å². The van der Waals surface area contributed by atoms with Crippen LogP contribution in [-0.2, 0) is 11.2 Å². The molecule has 0 radical (unpaired) electrons. The molecule has 20 heavy (non-hydrogen) atoms. The molecule has 3 rings (SSSR count). The van der Waals surface area contributed by atoms with E-state index in [9.17, 15) is 9.90 Å². The zero-order valence-electron chi connectivity index (χ0n) is 11.9. The van der Waals surface area contributed by atoms with Gasteiger partial charge in [0.15, 0.2) is 0 Å². The highest BCUT2D eigenvalue weighted by atomic mass is 16.3. The fraction of sp³-hybridized carbons (Fsp3) is 0.562. The minimum atomic E-state index is -0.00995. The van der Waals surface area contributed by atoms with Gasteiger partial charge in [-0.1, -0.05) is 25.1 Å². The number of hydrogen-bond donors (Lipinski definition) is 2. The topological polar surface area (TPSA) is 52.6 Å². The second-order valence-corrected chi connectivity index (χ2v) is 5.99. The maximum absolute atomic E-state index is 12.7. The van der Waals surface area contributed by atoms with Crippen LogP contribution < -0.4 is 5.32 Å². The van der Waals surface area contributed by atoms with Crippen molar-refractivity contribution >= 4 is 11.6 Å². The number of carbonyl (C=O) groups is 1. The summed E-state index contributed by atoms with van der Waals surface area (Å²) in [6, 6.07) is 8.17. The molecular weight excluding hydrogens is 252 g/mol. The van der Waals surface area contributed by atoms with Crippen LogP contribution in [0.15, 0.2) is 24.3 Å². The van der Waals surface area contributed by atoms with Crippen molar-refractivity contribution in [1.82, 2.24) is 4.90 Å². The first-order valence-electron chi connectivity index (χ1n) is 7.44. The van der Waals surface area contributed by atoms with E-state index in [0.717, 1.165) is 25.1 Å². The van der Waals surface area contributed by atoms with E-state index in [1.54, 1.807) is 0 Å². The maximum atomic E-state index is 12.7. The van der Waals surface area contributed by atoms with Gasteiger partial charge < -0.3 is 15.3 Å². The van der Waals surface area contributed by atoms with Crippen LogP contribution in [0.4, 0.5) is 5.69 Å². The smallest absolute Gasteiger partial charge is 0.228 e. The molecule has 0 bridgehead atoms. The maximum Gasteiger partial charge on any atom is 0.228 e. The molecule has 1 fully saturated rings. The van der Waals surface area contributed by atoms with Gasteiger partial charge in [0.1, 0.15) is 0 Å². The molecule has 4 heteroatoms. The Balaban J connectivity index is 1.73. The number of fused-ring (bicyclic) bond motifs is 1. The van der Waals surface area contributed by atoms with Crippen LogP contribution in [0.2, 0.25) is 0 Å². The zero-order valence-corrected chi connectivity index (χ0v) is 11.9. The van der Waals surface area contributed by atoms with E-state index >= 15 is 0 Å². The van der Waals surface area contributed by atoms with Gasteiger partial charge in [-0.2, -0.15) is 0 Å². The molecule has 0 spiro atoms. The first-order chi connectivity index (χ1) is 9.70. The van der Waals surface area contributed by atoms with Crippen molar-refractivity contribution in [2.45, 2.75) is 25.8 Å². The minimum absolute atomic E-state index is 0.000305. The van der Waals surface area contributed by atoms with E-state index in [-0.39, 0.29) is 24.5 Å². The number of nitrogens with one attached hydrogen (secondary N) is 1. The number of nitrogens with zero attached hydrogens (tertiary/aromatic N) is 1. The first kappa shape index (κ1) is 13.4. The first-order valence-corrected chi connectivity index (χ1v) is 7.44. The average molecular weight is 274 g/mol. The van der Waals surface area contributed by atoms with Gasteiger partial charge in [0, 0.05) is 18.8 Å². The number of anilines is 1. The molecule has 2 N–H and O–H groups in total. The van der Waals surface area contributed by atoms with Gasteiger partial charge >= 0.3 is 0 Å². The third kappa shape index (κ3) is 2.29. The molecule has 2 aliphatic rings. The highest BCUT2D eigenvalue weighted by molar-refractivity contribution is 5.81. The summed E-state index contributed by atoms with van der Waals surface area (Å²) in [5, 5.41) is 12.9. The lowest BCUT2D eigenvalue weighted by molar-refractivity contribution is -0.137. The highest BCUT2D eigenvalue weighted by Gasteiger charge is 2.37. The molecule has 0 aromatic heterocycles. The Morgan fingerprint density at radius 1 is 1.45 bits per heavy atom. The lowest BCUT2D eigenvalue weighted by Crippen LogP contribution is -2.46. The summed E-state index contributed by atoms with van der Waals surface area (Å²) < 4.78 is 0. The molecule has 1 aromatic rings. The molecule has 0 aliphatic carbocycles. The van der Waals surface area contributed by atoms with E-state index in [1.165, 1.54) is 5.56 Å². The van der Waals surface area contributed by atoms with Gasteiger partial charge in [-0.15, -0.1) is 0 Å². The summed E-state index contributed by atoms with van der Waals surface area (Å²) in [6.45, 7) is 3.66. The molecule has 4 nitrogen and oxygen atoms in total. The largest absolute Gasteiger partial charge is 0.394 e. The second-order valence-electron chi connectivity index (χ2n) is 5.99. The van der Waals surface area contributed by atoms with E-state index in [2.05, 4.69) is 24.4 Å². The molecule has 2 heterocycles. The Morgan fingerprint density at radius 2 is 2.25 bits per heavy atom. The SMILES string of the molecule is CC1CCN(C(=O)C2CNc3ccccc3C2)C1CO. The minimum Gasteiger partial charge on any atom is -0.394 e. The number of amides is 1.